The third-order valence-corrected chi connectivity index (χ3v) is 3.72. The Morgan fingerprint density at radius 1 is 1.65 bits per heavy atom. The maximum atomic E-state index is 10.7. The number of rotatable bonds is 4. The van der Waals surface area contributed by atoms with Crippen LogP contribution >= 0.6 is 11.8 Å². The lowest BCUT2D eigenvalue weighted by Crippen LogP contribution is -2.11. The van der Waals surface area contributed by atoms with Crippen molar-refractivity contribution in [2.75, 3.05) is 0 Å². The molecule has 90 valence electrons. The Bertz CT molecular complexity index is 550. The average molecular weight is 250 g/mol. The fourth-order valence-electron chi connectivity index (χ4n) is 1.56. The number of aryl methyl sites for hydroxylation is 1. The smallest absolute Gasteiger partial charge is 0.316 e. The van der Waals surface area contributed by atoms with Crippen molar-refractivity contribution in [2.45, 2.75) is 24.9 Å². The molecule has 0 fully saturated rings. The Kier molecular flexibility index (Phi) is 3.38. The molecule has 0 spiro atoms. The number of aliphatic carboxylic acids is 1. The number of fused-ring (bicyclic) bond motifs is 1. The topological polar surface area (TPSA) is 54.6 Å². The molecule has 5 heteroatoms. The predicted molar refractivity (Wildman–Crippen MR) is 68.3 cm³/mol. The summed E-state index contributed by atoms with van der Waals surface area (Å²) in [5.74, 6) is -0.163. The van der Waals surface area contributed by atoms with Gasteiger partial charge in [0.1, 0.15) is 5.65 Å². The lowest BCUT2D eigenvalue weighted by molar-refractivity contribution is -0.136. The summed E-state index contributed by atoms with van der Waals surface area (Å²) in [5.41, 5.74) is 2.97. The SMILES string of the molecule is Cc1cccn2cc(CSC(C)C(=O)O)nc12. The van der Waals surface area contributed by atoms with E-state index in [1.165, 1.54) is 11.8 Å². The molecule has 0 aliphatic carbocycles. The van der Waals surface area contributed by atoms with E-state index in [1.54, 1.807) is 6.92 Å². The highest BCUT2D eigenvalue weighted by Gasteiger charge is 2.12. The molecule has 0 radical (unpaired) electrons. The van der Waals surface area contributed by atoms with E-state index >= 15 is 0 Å². The van der Waals surface area contributed by atoms with Crippen LogP contribution in [0.4, 0.5) is 0 Å². The van der Waals surface area contributed by atoms with Gasteiger partial charge in [0.15, 0.2) is 0 Å². The first kappa shape index (κ1) is 12.0. The first-order valence-electron chi connectivity index (χ1n) is 5.35. The average Bonchev–Trinajstić information content (AvgIpc) is 2.70. The van der Waals surface area contributed by atoms with Crippen LogP contribution < -0.4 is 0 Å². The van der Waals surface area contributed by atoms with Gasteiger partial charge in [0, 0.05) is 18.1 Å². The van der Waals surface area contributed by atoms with Crippen molar-refractivity contribution in [1.29, 1.82) is 0 Å². The minimum absolute atomic E-state index is 0.402. The highest BCUT2D eigenvalue weighted by molar-refractivity contribution is 7.99. The maximum absolute atomic E-state index is 10.7. The van der Waals surface area contributed by atoms with Crippen molar-refractivity contribution >= 4 is 23.4 Å². The molecule has 17 heavy (non-hydrogen) atoms. The van der Waals surface area contributed by atoms with Crippen LogP contribution in [-0.4, -0.2) is 25.7 Å². The van der Waals surface area contributed by atoms with Crippen LogP contribution in [0, 0.1) is 6.92 Å². The number of carbonyl (C=O) groups is 1. The molecule has 0 aliphatic rings. The predicted octanol–water partition coefficient (Wildman–Crippen LogP) is 2.35. The molecular weight excluding hydrogens is 236 g/mol. The van der Waals surface area contributed by atoms with Crippen LogP contribution in [0.15, 0.2) is 24.5 Å². The van der Waals surface area contributed by atoms with E-state index in [0.717, 1.165) is 16.9 Å². The summed E-state index contributed by atoms with van der Waals surface area (Å²) in [6.45, 7) is 3.70. The Morgan fingerprint density at radius 3 is 3.06 bits per heavy atom. The van der Waals surface area contributed by atoms with Crippen LogP contribution in [0.25, 0.3) is 5.65 Å². The molecule has 2 rings (SSSR count). The zero-order chi connectivity index (χ0) is 12.4. The molecule has 0 amide bonds. The number of carboxylic acid groups (broad SMARTS) is 1. The molecule has 0 saturated carbocycles. The molecule has 1 unspecified atom stereocenters. The first-order valence-corrected chi connectivity index (χ1v) is 6.40. The summed E-state index contributed by atoms with van der Waals surface area (Å²) in [7, 11) is 0. The summed E-state index contributed by atoms with van der Waals surface area (Å²) in [5, 5.41) is 8.40. The second-order valence-electron chi connectivity index (χ2n) is 3.95. The van der Waals surface area contributed by atoms with Crippen LogP contribution in [0.2, 0.25) is 0 Å². The minimum atomic E-state index is -0.782. The maximum Gasteiger partial charge on any atom is 0.316 e. The molecule has 2 aromatic rings. The number of thioether (sulfide) groups is 1. The third-order valence-electron chi connectivity index (χ3n) is 2.56. The molecule has 4 nitrogen and oxygen atoms in total. The van der Waals surface area contributed by atoms with Gasteiger partial charge in [0.05, 0.1) is 10.9 Å². The molecule has 0 bridgehead atoms. The van der Waals surface area contributed by atoms with Crippen molar-refractivity contribution in [3.8, 4) is 0 Å². The van der Waals surface area contributed by atoms with Crippen molar-refractivity contribution in [1.82, 2.24) is 9.38 Å². The molecule has 0 saturated heterocycles. The fourth-order valence-corrected chi connectivity index (χ4v) is 2.26. The number of imidazole rings is 1. The lowest BCUT2D eigenvalue weighted by atomic mass is 10.3. The largest absolute Gasteiger partial charge is 0.480 e. The van der Waals surface area contributed by atoms with Gasteiger partial charge in [-0.1, -0.05) is 6.07 Å². The zero-order valence-corrected chi connectivity index (χ0v) is 10.6. The van der Waals surface area contributed by atoms with E-state index in [0.29, 0.717) is 5.75 Å². The third kappa shape index (κ3) is 2.61. The van der Waals surface area contributed by atoms with Crippen LogP contribution in [-0.2, 0) is 10.5 Å². The normalized spacial score (nSPS) is 12.8. The van der Waals surface area contributed by atoms with Crippen molar-refractivity contribution in [2.24, 2.45) is 0 Å². The second kappa shape index (κ2) is 4.79. The number of hydrogen-bond acceptors (Lipinski definition) is 3. The standard InChI is InChI=1S/C12H14N2O2S/c1-8-4-3-5-14-6-10(13-11(8)14)7-17-9(2)12(15)16/h3-6,9H,7H2,1-2H3,(H,15,16). The van der Waals surface area contributed by atoms with Crippen LogP contribution in [0.3, 0.4) is 0 Å². The zero-order valence-electron chi connectivity index (χ0n) is 9.75. The van der Waals surface area contributed by atoms with Gasteiger partial charge in [0.25, 0.3) is 0 Å². The van der Waals surface area contributed by atoms with Crippen LogP contribution in [0.1, 0.15) is 18.2 Å². The van der Waals surface area contributed by atoms with Gasteiger partial charge >= 0.3 is 5.97 Å². The lowest BCUT2D eigenvalue weighted by Gasteiger charge is -2.02. The number of nitrogens with zero attached hydrogens (tertiary/aromatic N) is 2. The summed E-state index contributed by atoms with van der Waals surface area (Å²) in [6.07, 6.45) is 3.90. The monoisotopic (exact) mass is 250 g/mol. The van der Waals surface area contributed by atoms with E-state index in [2.05, 4.69) is 4.98 Å². The quantitative estimate of drug-likeness (QED) is 0.905. The van der Waals surface area contributed by atoms with Gasteiger partial charge in [0.2, 0.25) is 0 Å². The molecule has 0 aliphatic heterocycles. The van der Waals surface area contributed by atoms with E-state index in [1.807, 2.05) is 35.9 Å². The Labute approximate surface area is 104 Å². The van der Waals surface area contributed by atoms with Crippen molar-refractivity contribution in [3.05, 3.63) is 35.8 Å². The second-order valence-corrected chi connectivity index (χ2v) is 5.27. The van der Waals surface area contributed by atoms with E-state index in [4.69, 9.17) is 5.11 Å². The molecular formula is C12H14N2O2S. The van der Waals surface area contributed by atoms with Gasteiger partial charge in [-0.25, -0.2) is 4.98 Å². The van der Waals surface area contributed by atoms with Crippen molar-refractivity contribution in [3.63, 3.8) is 0 Å². The Morgan fingerprint density at radius 2 is 2.41 bits per heavy atom. The molecule has 1 N–H and O–H groups in total. The summed E-state index contributed by atoms with van der Waals surface area (Å²) in [4.78, 5) is 15.2. The molecule has 1 atom stereocenters. The molecule has 2 aromatic heterocycles. The number of pyridine rings is 1. The molecule has 0 aromatic carbocycles. The fraction of sp³-hybridized carbons (Fsp3) is 0.333. The summed E-state index contributed by atoms with van der Waals surface area (Å²) < 4.78 is 1.97. The van der Waals surface area contributed by atoms with Crippen molar-refractivity contribution < 1.29 is 9.90 Å². The van der Waals surface area contributed by atoms with E-state index in [-0.39, 0.29) is 0 Å². The number of carboxylic acids is 1. The highest BCUT2D eigenvalue weighted by atomic mass is 32.2. The van der Waals surface area contributed by atoms with E-state index < -0.39 is 11.2 Å². The van der Waals surface area contributed by atoms with Gasteiger partial charge in [-0.3, -0.25) is 4.79 Å². The first-order chi connectivity index (χ1) is 8.08. The van der Waals surface area contributed by atoms with Crippen LogP contribution in [0.5, 0.6) is 0 Å². The highest BCUT2D eigenvalue weighted by Crippen LogP contribution is 2.18. The number of hydrogen-bond donors (Lipinski definition) is 1. The molecule has 2 heterocycles. The Balaban J connectivity index is 2.15. The minimum Gasteiger partial charge on any atom is -0.480 e. The van der Waals surface area contributed by atoms with Gasteiger partial charge in [-0.15, -0.1) is 11.8 Å². The van der Waals surface area contributed by atoms with Gasteiger partial charge in [-0.2, -0.15) is 0 Å². The van der Waals surface area contributed by atoms with Gasteiger partial charge < -0.3 is 9.51 Å². The number of aromatic nitrogens is 2. The Hall–Kier alpha value is -1.49. The summed E-state index contributed by atoms with van der Waals surface area (Å²) in [6, 6.07) is 3.99. The van der Waals surface area contributed by atoms with Gasteiger partial charge in [-0.05, 0) is 25.5 Å². The summed E-state index contributed by atoms with van der Waals surface area (Å²) >= 11 is 1.38. The van der Waals surface area contributed by atoms with E-state index in [9.17, 15) is 4.79 Å².